The van der Waals surface area contributed by atoms with Crippen molar-refractivity contribution in [3.63, 3.8) is 0 Å². The topological polar surface area (TPSA) is 80.3 Å². The molecule has 0 bridgehead atoms. The van der Waals surface area contributed by atoms with Crippen LogP contribution in [0.3, 0.4) is 0 Å². The van der Waals surface area contributed by atoms with Gasteiger partial charge in [0.1, 0.15) is 0 Å². The number of rotatable bonds is 0. The van der Waals surface area contributed by atoms with Gasteiger partial charge < -0.3 is 0 Å². The third kappa shape index (κ3) is 42600. The molecule has 0 saturated heterocycles. The molecule has 0 spiro atoms. The van der Waals surface area contributed by atoms with Gasteiger partial charge in [-0.2, -0.15) is 0 Å². The average molecular weight is 151 g/mol. The van der Waals surface area contributed by atoms with Crippen molar-refractivity contribution < 1.29 is 38.9 Å². The van der Waals surface area contributed by atoms with Crippen molar-refractivity contribution in [3.8, 4) is 0 Å². The minimum atomic E-state index is -0.500. The van der Waals surface area contributed by atoms with Crippen LogP contribution in [0.2, 0.25) is 0 Å². The largest absolute Gasteiger partial charge is 0 e. The SMILES string of the molecule is O=B[O-].O=B[O-].[Zn]. The van der Waals surface area contributed by atoms with Crippen molar-refractivity contribution in [1.29, 1.82) is 0 Å². The van der Waals surface area contributed by atoms with Crippen LogP contribution in [0.4, 0.5) is 0 Å². The van der Waals surface area contributed by atoms with Crippen molar-refractivity contribution in [1.82, 2.24) is 0 Å². The first-order valence-electron chi connectivity index (χ1n) is 0.943. The quantitative estimate of drug-likeness (QED) is 0.338. The molecular formula is B2O4Zn-2. The van der Waals surface area contributed by atoms with Crippen molar-refractivity contribution in [3.05, 3.63) is 0 Å². The van der Waals surface area contributed by atoms with Crippen LogP contribution in [-0.2, 0) is 28.9 Å². The van der Waals surface area contributed by atoms with E-state index in [1.807, 2.05) is 0 Å². The Hall–Kier alpha value is -0.0468. The van der Waals surface area contributed by atoms with Gasteiger partial charge in [-0.25, -0.2) is 0 Å². The molecule has 0 aromatic carbocycles. The summed E-state index contributed by atoms with van der Waals surface area (Å²) in [4.78, 5) is 0. The summed E-state index contributed by atoms with van der Waals surface area (Å²) in [6.45, 7) is 0. The molecule has 4 nitrogen and oxygen atoms in total. The molecule has 0 N–H and O–H groups in total. The summed E-state index contributed by atoms with van der Waals surface area (Å²) in [5.41, 5.74) is 0. The van der Waals surface area contributed by atoms with E-state index in [-0.39, 0.29) is 19.5 Å². The molecule has 0 atom stereocenters. The van der Waals surface area contributed by atoms with E-state index in [2.05, 4.69) is 0 Å². The van der Waals surface area contributed by atoms with Crippen LogP contribution in [0.25, 0.3) is 0 Å². The third-order valence-corrected chi connectivity index (χ3v) is 0. The van der Waals surface area contributed by atoms with Gasteiger partial charge in [-0.05, 0) is 0 Å². The summed E-state index contributed by atoms with van der Waals surface area (Å²) in [6.07, 6.45) is 0. The van der Waals surface area contributed by atoms with Gasteiger partial charge in [-0.1, -0.05) is 0 Å². The van der Waals surface area contributed by atoms with Crippen LogP contribution >= 0.6 is 0 Å². The van der Waals surface area contributed by atoms with Crippen LogP contribution in [0.15, 0.2) is 0 Å². The first-order chi connectivity index (χ1) is 2.83. The van der Waals surface area contributed by atoms with Crippen LogP contribution in [0.1, 0.15) is 0 Å². The molecule has 0 amide bonds. The van der Waals surface area contributed by atoms with Crippen molar-refractivity contribution in [2.45, 2.75) is 0 Å². The average Bonchev–Trinajstić information content (AvgIpc) is 1.39. The summed E-state index contributed by atoms with van der Waals surface area (Å²) in [6, 6.07) is 0. The standard InChI is InChI=1S/2BO2.Zn/c2*2-1-3;/q2*-1;. The summed E-state index contributed by atoms with van der Waals surface area (Å²) >= 11 is 0. The Bertz CT molecular complexity index is 30.7. The Morgan fingerprint density at radius 1 is 1.00 bits per heavy atom. The molecule has 0 unspecified atom stereocenters. The number of hydrogen-bond donors (Lipinski definition) is 0. The van der Waals surface area contributed by atoms with E-state index >= 15 is 0 Å². The fourth-order valence-electron chi connectivity index (χ4n) is 0. The first kappa shape index (κ1) is 15.8. The maximum absolute atomic E-state index is 8.25. The van der Waals surface area contributed by atoms with Crippen molar-refractivity contribution in [2.75, 3.05) is 0 Å². The maximum atomic E-state index is 8.25. The first-order valence-corrected chi connectivity index (χ1v) is 0.943. The molecule has 0 aromatic heterocycles. The zero-order valence-electron chi connectivity index (χ0n) is 3.49. The molecule has 0 fully saturated rings. The van der Waals surface area contributed by atoms with E-state index in [0.29, 0.717) is 0 Å². The predicted molar refractivity (Wildman–Crippen MR) is 12.9 cm³/mol. The second-order valence-electron chi connectivity index (χ2n) is 0.192. The Kier molecular flexibility index (Phi) is 86.2. The zero-order chi connectivity index (χ0) is 5.41. The molecule has 0 radical (unpaired) electrons. The van der Waals surface area contributed by atoms with Gasteiger partial charge in [-0.3, -0.25) is 0 Å². The summed E-state index contributed by atoms with van der Waals surface area (Å²) in [7, 11) is -1.00. The Labute approximate surface area is 54.3 Å². The second kappa shape index (κ2) is 38.3. The van der Waals surface area contributed by atoms with Crippen LogP contribution in [0.5, 0.6) is 0 Å². The normalized spacial score (nSPS) is 2.29. The van der Waals surface area contributed by atoms with Crippen molar-refractivity contribution >= 4 is 14.7 Å². The van der Waals surface area contributed by atoms with Gasteiger partial charge in [0, 0.05) is 19.5 Å². The molecule has 0 aliphatic heterocycles. The molecule has 7 heteroatoms. The van der Waals surface area contributed by atoms with E-state index in [0.717, 1.165) is 0 Å². The summed E-state index contributed by atoms with van der Waals surface area (Å²) in [5, 5.41) is 16.5. The van der Waals surface area contributed by atoms with E-state index in [1.165, 1.54) is 0 Å². The molecule has 0 aromatic rings. The fourth-order valence-corrected chi connectivity index (χ4v) is 0. The smallest absolute Gasteiger partial charge is 0 e. The van der Waals surface area contributed by atoms with Gasteiger partial charge in [0.15, 0.2) is 0 Å². The van der Waals surface area contributed by atoms with E-state index in [1.54, 1.807) is 0 Å². The molecule has 0 saturated carbocycles. The van der Waals surface area contributed by atoms with Gasteiger partial charge in [0.05, 0.1) is 0 Å². The fraction of sp³-hybridized carbons (Fsp3) is 0. The maximum Gasteiger partial charge on any atom is 0 e. The molecular weight excluding hydrogens is 151 g/mol. The van der Waals surface area contributed by atoms with Crippen LogP contribution in [-0.4, -0.2) is 14.7 Å². The van der Waals surface area contributed by atoms with Gasteiger partial charge in [-0.15, -0.1) is 0 Å². The molecule has 0 heterocycles. The van der Waals surface area contributed by atoms with E-state index < -0.39 is 14.7 Å². The molecule has 34 valence electrons. The minimum absolute atomic E-state index is 0. The summed E-state index contributed by atoms with van der Waals surface area (Å²) < 4.78 is 16.5. The Balaban J connectivity index is -0.0000000400. The van der Waals surface area contributed by atoms with E-state index in [4.69, 9.17) is 19.5 Å². The molecule has 7 heavy (non-hydrogen) atoms. The second-order valence-corrected chi connectivity index (χ2v) is 0.192. The molecule has 0 aliphatic rings. The predicted octanol–water partition coefficient (Wildman–Crippen LogP) is -3.38. The molecule has 0 rings (SSSR count). The van der Waals surface area contributed by atoms with Crippen molar-refractivity contribution in [2.24, 2.45) is 0 Å². The third-order valence-electron chi connectivity index (χ3n) is 0. The summed E-state index contributed by atoms with van der Waals surface area (Å²) in [5.74, 6) is 0. The van der Waals surface area contributed by atoms with Gasteiger partial charge >= 0.3 is 34.2 Å². The monoisotopic (exact) mass is 150 g/mol. The van der Waals surface area contributed by atoms with Gasteiger partial charge in [0.2, 0.25) is 0 Å². The molecule has 0 aliphatic carbocycles. The van der Waals surface area contributed by atoms with E-state index in [9.17, 15) is 0 Å². The number of hydrogen-bond acceptors (Lipinski definition) is 4. The van der Waals surface area contributed by atoms with Gasteiger partial charge in [0.25, 0.3) is 0 Å². The Morgan fingerprint density at radius 3 is 1.00 bits per heavy atom. The minimum Gasteiger partial charge on any atom is 0 e. The zero-order valence-corrected chi connectivity index (χ0v) is 6.46. The van der Waals surface area contributed by atoms with Crippen LogP contribution < -0.4 is 10.0 Å². The Morgan fingerprint density at radius 2 is 1.00 bits per heavy atom. The van der Waals surface area contributed by atoms with Crippen LogP contribution in [0, 0.1) is 0 Å².